The highest BCUT2D eigenvalue weighted by molar-refractivity contribution is 8.13. The number of rotatable bonds is 12. The number of thioether (sulfide) groups is 1. The summed E-state index contributed by atoms with van der Waals surface area (Å²) in [6.07, 6.45) is 2.90. The van der Waals surface area contributed by atoms with Crippen LogP contribution in [0.15, 0.2) is 5.34 Å². The van der Waals surface area contributed by atoms with Crippen LogP contribution in [-0.2, 0) is 19.2 Å². The van der Waals surface area contributed by atoms with Gasteiger partial charge in [0.1, 0.15) is 6.61 Å². The number of unbranched alkanes of at least 4 members (excludes halogenated alkanes) is 1. The van der Waals surface area contributed by atoms with Crippen molar-refractivity contribution < 1.29 is 19.2 Å². The minimum Gasteiger partial charge on any atom is -0.466 e. The van der Waals surface area contributed by atoms with E-state index in [1.807, 2.05) is 6.92 Å². The summed E-state index contributed by atoms with van der Waals surface area (Å²) in [7, 11) is 0. The molecule has 8 heteroatoms. The first-order valence-corrected chi connectivity index (χ1v) is 7.62. The quantitative estimate of drug-likeness (QED) is 0.253. The first-order chi connectivity index (χ1) is 9.61. The zero-order valence-corrected chi connectivity index (χ0v) is 12.5. The Labute approximate surface area is 122 Å². The van der Waals surface area contributed by atoms with Crippen LogP contribution in [0.4, 0.5) is 0 Å². The molecule has 0 radical (unpaired) electrons. The molecule has 1 atom stereocenters. The Kier molecular flexibility index (Phi) is 12.1. The summed E-state index contributed by atoms with van der Waals surface area (Å²) < 4.78 is 4.95. The predicted molar refractivity (Wildman–Crippen MR) is 76.9 cm³/mol. The SMILES string of the molecule is CCCC(N)C(=O)SCCC(=O)OCCCCON=O. The minimum atomic E-state index is -0.451. The Morgan fingerprint density at radius 3 is 2.65 bits per heavy atom. The van der Waals surface area contributed by atoms with Crippen molar-refractivity contribution in [3.05, 3.63) is 4.91 Å². The molecule has 0 aromatic rings. The molecule has 0 spiro atoms. The lowest BCUT2D eigenvalue weighted by Crippen LogP contribution is -2.28. The molecular formula is C12H22N2O5S. The smallest absolute Gasteiger partial charge is 0.306 e. The van der Waals surface area contributed by atoms with Crippen LogP contribution in [0.25, 0.3) is 0 Å². The third kappa shape index (κ3) is 10.7. The largest absolute Gasteiger partial charge is 0.466 e. The second-order valence-electron chi connectivity index (χ2n) is 4.15. The average Bonchev–Trinajstić information content (AvgIpc) is 2.42. The van der Waals surface area contributed by atoms with Gasteiger partial charge in [-0.15, -0.1) is 4.91 Å². The molecule has 0 aromatic carbocycles. The van der Waals surface area contributed by atoms with Crippen molar-refractivity contribution in [1.29, 1.82) is 0 Å². The second kappa shape index (κ2) is 12.9. The summed E-state index contributed by atoms with van der Waals surface area (Å²) in [5.74, 6) is 0.0385. The molecule has 7 nitrogen and oxygen atoms in total. The monoisotopic (exact) mass is 306 g/mol. The van der Waals surface area contributed by atoms with Crippen molar-refractivity contribution in [2.45, 2.75) is 45.1 Å². The third-order valence-corrected chi connectivity index (χ3v) is 3.39. The van der Waals surface area contributed by atoms with E-state index in [9.17, 15) is 14.5 Å². The molecule has 0 saturated carbocycles. The molecule has 2 N–H and O–H groups in total. The van der Waals surface area contributed by atoms with E-state index in [0.717, 1.165) is 18.2 Å². The van der Waals surface area contributed by atoms with Crippen LogP contribution in [0.2, 0.25) is 0 Å². The van der Waals surface area contributed by atoms with Gasteiger partial charge in [-0.1, -0.05) is 25.1 Å². The van der Waals surface area contributed by atoms with Gasteiger partial charge >= 0.3 is 5.97 Å². The summed E-state index contributed by atoms with van der Waals surface area (Å²) in [5, 5.41) is 2.17. The molecule has 0 bridgehead atoms. The lowest BCUT2D eigenvalue weighted by Gasteiger charge is -2.08. The standard InChI is InChI=1S/C12H22N2O5S/c1-2-5-10(13)12(16)20-9-6-11(15)18-7-3-4-8-19-14-17/h10H,2-9,13H2,1H3. The Hall–Kier alpha value is -1.15. The Morgan fingerprint density at radius 1 is 1.30 bits per heavy atom. The van der Waals surface area contributed by atoms with E-state index in [4.69, 9.17) is 10.5 Å². The normalized spacial score (nSPS) is 11.7. The zero-order chi connectivity index (χ0) is 15.2. The van der Waals surface area contributed by atoms with Crippen molar-refractivity contribution >= 4 is 22.8 Å². The molecule has 0 heterocycles. The van der Waals surface area contributed by atoms with E-state index in [1.54, 1.807) is 0 Å². The van der Waals surface area contributed by atoms with Crippen molar-refractivity contribution in [2.24, 2.45) is 11.1 Å². The number of hydrogen-bond donors (Lipinski definition) is 1. The summed E-state index contributed by atoms with van der Waals surface area (Å²) in [6.45, 7) is 2.46. The summed E-state index contributed by atoms with van der Waals surface area (Å²) in [6, 6.07) is -0.451. The maximum atomic E-state index is 11.5. The van der Waals surface area contributed by atoms with Crippen LogP contribution in [0, 0.1) is 4.91 Å². The Morgan fingerprint density at radius 2 is 2.00 bits per heavy atom. The van der Waals surface area contributed by atoms with Crippen LogP contribution >= 0.6 is 11.8 Å². The molecule has 0 aliphatic rings. The number of nitrogens with zero attached hydrogens (tertiary/aromatic N) is 1. The van der Waals surface area contributed by atoms with E-state index < -0.39 is 6.04 Å². The van der Waals surface area contributed by atoms with Crippen molar-refractivity contribution in [3.8, 4) is 0 Å². The lowest BCUT2D eigenvalue weighted by molar-refractivity contribution is -0.143. The molecule has 116 valence electrons. The van der Waals surface area contributed by atoms with Gasteiger partial charge in [0, 0.05) is 5.75 Å². The van der Waals surface area contributed by atoms with Gasteiger partial charge < -0.3 is 15.3 Å². The molecule has 20 heavy (non-hydrogen) atoms. The van der Waals surface area contributed by atoms with Crippen LogP contribution in [-0.4, -0.2) is 36.1 Å². The van der Waals surface area contributed by atoms with Crippen LogP contribution in [0.1, 0.15) is 39.0 Å². The number of carbonyl (C=O) groups excluding carboxylic acids is 2. The van der Waals surface area contributed by atoms with E-state index in [1.165, 1.54) is 0 Å². The number of carbonyl (C=O) groups is 2. The van der Waals surface area contributed by atoms with E-state index in [-0.39, 0.29) is 30.7 Å². The molecule has 0 rings (SSSR count). The van der Waals surface area contributed by atoms with Crippen LogP contribution in [0.3, 0.4) is 0 Å². The first-order valence-electron chi connectivity index (χ1n) is 6.64. The van der Waals surface area contributed by atoms with Gasteiger partial charge in [0.25, 0.3) is 0 Å². The number of nitrogens with two attached hydrogens (primary N) is 1. The topological polar surface area (TPSA) is 108 Å². The Balaban J connectivity index is 3.49. The van der Waals surface area contributed by atoms with Crippen molar-refractivity contribution in [2.75, 3.05) is 19.0 Å². The van der Waals surface area contributed by atoms with Gasteiger partial charge in [-0.2, -0.15) is 0 Å². The third-order valence-electron chi connectivity index (χ3n) is 2.40. The fraction of sp³-hybridized carbons (Fsp3) is 0.833. The predicted octanol–water partition coefficient (Wildman–Crippen LogP) is 1.79. The first kappa shape index (κ1) is 18.9. The van der Waals surface area contributed by atoms with Gasteiger partial charge in [-0.25, -0.2) is 0 Å². The van der Waals surface area contributed by atoms with E-state index in [2.05, 4.69) is 10.2 Å². The van der Waals surface area contributed by atoms with Gasteiger partial charge in [0.2, 0.25) is 5.12 Å². The molecular weight excluding hydrogens is 284 g/mol. The molecule has 0 aliphatic carbocycles. The lowest BCUT2D eigenvalue weighted by atomic mass is 10.2. The molecule has 0 fully saturated rings. The molecule has 1 unspecified atom stereocenters. The van der Waals surface area contributed by atoms with Gasteiger partial charge in [0.05, 0.1) is 19.1 Å². The zero-order valence-electron chi connectivity index (χ0n) is 11.7. The van der Waals surface area contributed by atoms with E-state index >= 15 is 0 Å². The molecule has 0 amide bonds. The van der Waals surface area contributed by atoms with Crippen molar-refractivity contribution in [3.63, 3.8) is 0 Å². The van der Waals surface area contributed by atoms with Gasteiger partial charge in [-0.3, -0.25) is 9.59 Å². The molecule has 0 saturated heterocycles. The summed E-state index contributed by atoms with van der Waals surface area (Å²) >= 11 is 1.07. The maximum absolute atomic E-state index is 11.5. The molecule has 0 aromatic heterocycles. The number of esters is 1. The average molecular weight is 306 g/mol. The highest BCUT2D eigenvalue weighted by Gasteiger charge is 2.13. The highest BCUT2D eigenvalue weighted by atomic mass is 32.2. The van der Waals surface area contributed by atoms with Gasteiger partial charge in [0.15, 0.2) is 5.34 Å². The highest BCUT2D eigenvalue weighted by Crippen LogP contribution is 2.10. The second-order valence-corrected chi connectivity index (χ2v) is 5.25. The fourth-order valence-corrected chi connectivity index (χ4v) is 2.14. The number of hydrogen-bond acceptors (Lipinski definition) is 8. The summed E-state index contributed by atoms with van der Waals surface area (Å²) in [5.41, 5.74) is 5.65. The Bertz CT molecular complexity index is 302. The van der Waals surface area contributed by atoms with E-state index in [0.29, 0.717) is 25.0 Å². The minimum absolute atomic E-state index is 0.0850. The maximum Gasteiger partial charge on any atom is 0.306 e. The van der Waals surface area contributed by atoms with Gasteiger partial charge in [-0.05, 0) is 19.3 Å². The van der Waals surface area contributed by atoms with Crippen LogP contribution < -0.4 is 5.73 Å². The fourth-order valence-electron chi connectivity index (χ4n) is 1.33. The van der Waals surface area contributed by atoms with Crippen LogP contribution in [0.5, 0.6) is 0 Å². The van der Waals surface area contributed by atoms with Crippen molar-refractivity contribution in [1.82, 2.24) is 0 Å². The summed E-state index contributed by atoms with van der Waals surface area (Å²) in [4.78, 5) is 36.7. The molecule has 0 aliphatic heterocycles. The number of ether oxygens (including phenoxy) is 1.